The van der Waals surface area contributed by atoms with Gasteiger partial charge in [-0.2, -0.15) is 0 Å². The van der Waals surface area contributed by atoms with Crippen LogP contribution >= 0.6 is 0 Å². The van der Waals surface area contributed by atoms with E-state index in [4.69, 9.17) is 4.74 Å². The quantitative estimate of drug-likeness (QED) is 0.911. The lowest BCUT2D eigenvalue weighted by atomic mass is 10.1. The van der Waals surface area contributed by atoms with Gasteiger partial charge in [-0.15, -0.1) is 0 Å². The lowest BCUT2D eigenvalue weighted by molar-refractivity contribution is 0.0901. The maximum atomic E-state index is 12.1. The van der Waals surface area contributed by atoms with Crippen LogP contribution in [0.1, 0.15) is 13.8 Å². The molecule has 0 spiro atoms. The van der Waals surface area contributed by atoms with E-state index >= 15 is 0 Å². The third-order valence-electron chi connectivity index (χ3n) is 4.36. The van der Waals surface area contributed by atoms with Crippen molar-refractivity contribution in [2.75, 3.05) is 37.7 Å². The van der Waals surface area contributed by atoms with Gasteiger partial charge in [-0.3, -0.25) is 0 Å². The zero-order valence-corrected chi connectivity index (χ0v) is 15.3. The Morgan fingerprint density at radius 2 is 1.92 bits per heavy atom. The molecule has 1 N–H and O–H groups in total. The second-order valence-corrected chi connectivity index (χ2v) is 6.86. The number of piperazine rings is 1. The molecule has 2 heterocycles. The van der Waals surface area contributed by atoms with Crippen molar-refractivity contribution in [3.63, 3.8) is 0 Å². The van der Waals surface area contributed by atoms with Crippen LogP contribution in [0.3, 0.4) is 0 Å². The highest BCUT2D eigenvalue weighted by Gasteiger charge is 2.23. The molecule has 1 fully saturated rings. The van der Waals surface area contributed by atoms with Crippen LogP contribution in [-0.4, -0.2) is 53.9 Å². The van der Waals surface area contributed by atoms with Crippen LogP contribution in [0.25, 0.3) is 11.1 Å². The Kier molecular flexibility index (Phi) is 5.61. The first-order valence-corrected chi connectivity index (χ1v) is 8.95. The summed E-state index contributed by atoms with van der Waals surface area (Å²) in [5, 5.41) is 10.1. The molecule has 0 atom stereocenters. The summed E-state index contributed by atoms with van der Waals surface area (Å²) in [4.78, 5) is 20.4. The molecule has 138 valence electrons. The minimum atomic E-state index is -0.241. The van der Waals surface area contributed by atoms with Gasteiger partial charge in [0.2, 0.25) is 0 Å². The molecule has 1 amide bonds. The number of phenolic OH excluding ortho intramolecular Hbond substituents is 1. The van der Waals surface area contributed by atoms with Gasteiger partial charge in [0, 0.05) is 37.9 Å². The lowest BCUT2D eigenvalue weighted by Gasteiger charge is -2.35. The van der Waals surface area contributed by atoms with E-state index in [1.807, 2.05) is 38.1 Å². The van der Waals surface area contributed by atoms with Crippen molar-refractivity contribution in [3.8, 4) is 16.9 Å². The lowest BCUT2D eigenvalue weighted by Crippen LogP contribution is -2.49. The predicted molar refractivity (Wildman–Crippen MR) is 101 cm³/mol. The predicted octanol–water partition coefficient (Wildman–Crippen LogP) is 3.37. The Hall–Kier alpha value is -2.76. The SMILES string of the molecule is CC(C)COC(=O)N1CCN(c2cc(-c3ccccc3O)ccn2)CC1. The van der Waals surface area contributed by atoms with Gasteiger partial charge in [-0.25, -0.2) is 9.78 Å². The Balaban J connectivity index is 1.64. The van der Waals surface area contributed by atoms with E-state index in [1.165, 1.54) is 0 Å². The molecule has 3 rings (SSSR count). The Morgan fingerprint density at radius 3 is 2.62 bits per heavy atom. The molecule has 1 aromatic heterocycles. The number of carbonyl (C=O) groups excluding carboxylic acids is 1. The van der Waals surface area contributed by atoms with Gasteiger partial charge in [0.25, 0.3) is 0 Å². The van der Waals surface area contributed by atoms with Crippen molar-refractivity contribution in [1.82, 2.24) is 9.88 Å². The van der Waals surface area contributed by atoms with Gasteiger partial charge in [0.1, 0.15) is 11.6 Å². The van der Waals surface area contributed by atoms with Crippen molar-refractivity contribution in [2.45, 2.75) is 13.8 Å². The monoisotopic (exact) mass is 355 g/mol. The largest absolute Gasteiger partial charge is 0.507 e. The van der Waals surface area contributed by atoms with Gasteiger partial charge < -0.3 is 19.6 Å². The summed E-state index contributed by atoms with van der Waals surface area (Å²) >= 11 is 0. The molecule has 0 saturated carbocycles. The molecule has 1 aromatic carbocycles. The first-order valence-electron chi connectivity index (χ1n) is 8.95. The number of ether oxygens (including phenoxy) is 1. The second kappa shape index (κ2) is 8.08. The maximum absolute atomic E-state index is 12.1. The minimum absolute atomic E-state index is 0.241. The normalized spacial score (nSPS) is 14.6. The number of pyridine rings is 1. The number of hydrogen-bond donors (Lipinski definition) is 1. The number of para-hydroxylation sites is 1. The van der Waals surface area contributed by atoms with Crippen molar-refractivity contribution in [3.05, 3.63) is 42.6 Å². The standard InChI is InChI=1S/C20H25N3O3/c1-15(2)14-26-20(25)23-11-9-22(10-12-23)19-13-16(7-8-21-19)17-5-3-4-6-18(17)24/h3-8,13,15,24H,9-12,14H2,1-2H3. The molecule has 0 bridgehead atoms. The smallest absolute Gasteiger partial charge is 0.409 e. The van der Waals surface area contributed by atoms with E-state index in [-0.39, 0.29) is 11.8 Å². The van der Waals surface area contributed by atoms with Crippen molar-refractivity contribution >= 4 is 11.9 Å². The van der Waals surface area contributed by atoms with Crippen LogP contribution in [0.2, 0.25) is 0 Å². The van der Waals surface area contributed by atoms with Crippen LogP contribution in [-0.2, 0) is 4.74 Å². The first kappa shape index (κ1) is 18.0. The number of phenols is 1. The molecule has 1 aliphatic rings. The molecule has 0 radical (unpaired) electrons. The molecular weight excluding hydrogens is 330 g/mol. The number of aromatic nitrogens is 1. The number of carbonyl (C=O) groups is 1. The maximum Gasteiger partial charge on any atom is 0.409 e. The zero-order chi connectivity index (χ0) is 18.5. The van der Waals surface area contributed by atoms with Crippen molar-refractivity contribution in [1.29, 1.82) is 0 Å². The summed E-state index contributed by atoms with van der Waals surface area (Å²) in [6, 6.07) is 11.1. The zero-order valence-electron chi connectivity index (χ0n) is 15.3. The fraction of sp³-hybridized carbons (Fsp3) is 0.400. The molecule has 1 saturated heterocycles. The summed E-state index contributed by atoms with van der Waals surface area (Å²) in [6.07, 6.45) is 1.51. The fourth-order valence-electron chi connectivity index (χ4n) is 2.92. The van der Waals surface area contributed by atoms with Gasteiger partial charge in [-0.05, 0) is 29.7 Å². The van der Waals surface area contributed by atoms with Crippen LogP contribution in [0.5, 0.6) is 5.75 Å². The van der Waals surface area contributed by atoms with E-state index in [0.717, 1.165) is 16.9 Å². The molecule has 6 heteroatoms. The number of aromatic hydroxyl groups is 1. The van der Waals surface area contributed by atoms with Gasteiger partial charge >= 0.3 is 6.09 Å². The average molecular weight is 355 g/mol. The third-order valence-corrected chi connectivity index (χ3v) is 4.36. The highest BCUT2D eigenvalue weighted by Crippen LogP contribution is 2.30. The average Bonchev–Trinajstić information content (AvgIpc) is 2.66. The number of hydrogen-bond acceptors (Lipinski definition) is 5. The Labute approximate surface area is 154 Å². The van der Waals surface area contributed by atoms with E-state index in [2.05, 4.69) is 9.88 Å². The van der Waals surface area contributed by atoms with E-state index in [9.17, 15) is 9.90 Å². The second-order valence-electron chi connectivity index (χ2n) is 6.86. The van der Waals surface area contributed by atoms with E-state index in [0.29, 0.717) is 38.7 Å². The highest BCUT2D eigenvalue weighted by atomic mass is 16.6. The number of benzene rings is 1. The summed E-state index contributed by atoms with van der Waals surface area (Å²) in [7, 11) is 0. The summed E-state index contributed by atoms with van der Waals surface area (Å²) in [5.74, 6) is 1.44. The summed E-state index contributed by atoms with van der Waals surface area (Å²) in [5.41, 5.74) is 1.71. The topological polar surface area (TPSA) is 65.9 Å². The molecular formula is C20H25N3O3. The van der Waals surface area contributed by atoms with Gasteiger partial charge in [-0.1, -0.05) is 32.0 Å². The molecule has 26 heavy (non-hydrogen) atoms. The summed E-state index contributed by atoms with van der Waals surface area (Å²) < 4.78 is 5.30. The number of rotatable bonds is 4. The van der Waals surface area contributed by atoms with E-state index in [1.54, 1.807) is 23.2 Å². The molecule has 2 aromatic rings. The van der Waals surface area contributed by atoms with Crippen LogP contribution < -0.4 is 4.90 Å². The Bertz CT molecular complexity index is 755. The fourth-order valence-corrected chi connectivity index (χ4v) is 2.92. The van der Waals surface area contributed by atoms with E-state index < -0.39 is 0 Å². The number of amides is 1. The number of nitrogens with zero attached hydrogens (tertiary/aromatic N) is 3. The minimum Gasteiger partial charge on any atom is -0.507 e. The van der Waals surface area contributed by atoms with Gasteiger partial charge in [0.15, 0.2) is 0 Å². The summed E-state index contributed by atoms with van der Waals surface area (Å²) in [6.45, 7) is 7.12. The first-order chi connectivity index (χ1) is 12.5. The molecule has 1 aliphatic heterocycles. The van der Waals surface area contributed by atoms with Crippen LogP contribution in [0.4, 0.5) is 10.6 Å². The molecule has 0 aliphatic carbocycles. The van der Waals surface area contributed by atoms with Crippen molar-refractivity contribution in [2.24, 2.45) is 5.92 Å². The highest BCUT2D eigenvalue weighted by molar-refractivity contribution is 5.72. The van der Waals surface area contributed by atoms with Crippen LogP contribution in [0, 0.1) is 5.92 Å². The third kappa shape index (κ3) is 4.25. The molecule has 0 unspecified atom stereocenters. The Morgan fingerprint density at radius 1 is 1.19 bits per heavy atom. The van der Waals surface area contributed by atoms with Crippen molar-refractivity contribution < 1.29 is 14.6 Å². The molecule has 6 nitrogen and oxygen atoms in total. The van der Waals surface area contributed by atoms with Crippen LogP contribution in [0.15, 0.2) is 42.6 Å². The number of anilines is 1. The van der Waals surface area contributed by atoms with Gasteiger partial charge in [0.05, 0.1) is 6.61 Å².